The van der Waals surface area contributed by atoms with Crippen LogP contribution in [0.25, 0.3) is 0 Å². The predicted molar refractivity (Wildman–Crippen MR) is 88.0 cm³/mol. The zero-order valence-corrected chi connectivity index (χ0v) is 14.8. The second-order valence-electron chi connectivity index (χ2n) is 5.11. The maximum absolute atomic E-state index is 12.3. The molecule has 0 bridgehead atoms. The molecule has 3 N–H and O–H groups in total. The van der Waals surface area contributed by atoms with Crippen LogP contribution >= 0.6 is 11.3 Å². The monoisotopic (exact) mass is 362 g/mol. The fraction of sp³-hybridized carbons (Fsp3) is 0.571. The highest BCUT2D eigenvalue weighted by Crippen LogP contribution is 2.22. The van der Waals surface area contributed by atoms with Crippen LogP contribution in [0.4, 0.5) is 0 Å². The quantitative estimate of drug-likeness (QED) is 0.581. The van der Waals surface area contributed by atoms with Gasteiger partial charge >= 0.3 is 5.97 Å². The van der Waals surface area contributed by atoms with Crippen molar-refractivity contribution in [2.24, 2.45) is 0 Å². The first-order chi connectivity index (χ1) is 10.8. The molecule has 1 heterocycles. The normalized spacial score (nSPS) is 12.8. The summed E-state index contributed by atoms with van der Waals surface area (Å²) in [6, 6.07) is 2.00. The molecule has 130 valence electrons. The Hall–Kier alpha value is -1.45. The summed E-state index contributed by atoms with van der Waals surface area (Å²) in [5.41, 5.74) is 0. The lowest BCUT2D eigenvalue weighted by Gasteiger charge is -2.13. The summed E-state index contributed by atoms with van der Waals surface area (Å²) >= 11 is 1.07. The van der Waals surface area contributed by atoms with Crippen LogP contribution in [0, 0.1) is 0 Å². The van der Waals surface area contributed by atoms with Crippen LogP contribution in [-0.2, 0) is 26.0 Å². The molecule has 0 radical (unpaired) electrons. The lowest BCUT2D eigenvalue weighted by Crippen LogP contribution is -2.40. The number of carbonyl (C=O) groups excluding carboxylic acids is 1. The molecular weight excluding hydrogens is 340 g/mol. The first-order valence-corrected chi connectivity index (χ1v) is 9.64. The molecule has 9 heteroatoms. The molecule has 0 saturated carbocycles. The summed E-state index contributed by atoms with van der Waals surface area (Å²) in [5, 5.41) is 11.8. The minimum atomic E-state index is -3.86. The van der Waals surface area contributed by atoms with E-state index in [4.69, 9.17) is 5.11 Å². The second kappa shape index (κ2) is 8.99. The molecule has 23 heavy (non-hydrogen) atoms. The Morgan fingerprint density at radius 1 is 1.35 bits per heavy atom. The summed E-state index contributed by atoms with van der Waals surface area (Å²) in [6.07, 6.45) is 2.20. The van der Waals surface area contributed by atoms with Crippen LogP contribution in [0.5, 0.6) is 0 Å². The van der Waals surface area contributed by atoms with E-state index < -0.39 is 22.0 Å². The van der Waals surface area contributed by atoms with Crippen molar-refractivity contribution in [1.82, 2.24) is 10.0 Å². The van der Waals surface area contributed by atoms with Crippen molar-refractivity contribution in [2.45, 2.75) is 49.8 Å². The summed E-state index contributed by atoms with van der Waals surface area (Å²) in [7, 11) is -3.86. The molecule has 1 aromatic rings. The van der Waals surface area contributed by atoms with Crippen molar-refractivity contribution in [3.05, 3.63) is 17.0 Å². The summed E-state index contributed by atoms with van der Waals surface area (Å²) < 4.78 is 26.9. The van der Waals surface area contributed by atoms with Gasteiger partial charge in [0.15, 0.2) is 0 Å². The van der Waals surface area contributed by atoms with Gasteiger partial charge in [0.1, 0.15) is 10.3 Å². The van der Waals surface area contributed by atoms with E-state index in [1.54, 1.807) is 6.07 Å². The van der Waals surface area contributed by atoms with Crippen molar-refractivity contribution in [3.63, 3.8) is 0 Å². The molecule has 1 aromatic heterocycles. The lowest BCUT2D eigenvalue weighted by atomic mass is 10.1. The molecule has 0 aliphatic heterocycles. The van der Waals surface area contributed by atoms with E-state index in [9.17, 15) is 18.0 Å². The number of carbonyl (C=O) groups is 2. The van der Waals surface area contributed by atoms with Gasteiger partial charge in [-0.1, -0.05) is 19.8 Å². The van der Waals surface area contributed by atoms with Gasteiger partial charge in [-0.25, -0.2) is 8.42 Å². The lowest BCUT2D eigenvalue weighted by molar-refractivity contribution is -0.139. The molecule has 1 rings (SSSR count). The van der Waals surface area contributed by atoms with Crippen molar-refractivity contribution < 1.29 is 23.1 Å². The Balaban J connectivity index is 2.73. The number of amides is 1. The smallest absolute Gasteiger partial charge is 0.321 e. The zero-order valence-electron chi connectivity index (χ0n) is 13.2. The Kier molecular flexibility index (Phi) is 7.66. The number of rotatable bonds is 10. The number of hydrogen-bond donors (Lipinski definition) is 3. The molecular formula is C14H22N2O5S2. The van der Waals surface area contributed by atoms with Crippen molar-refractivity contribution >= 4 is 33.2 Å². The van der Waals surface area contributed by atoms with Crippen LogP contribution in [-0.4, -0.2) is 38.0 Å². The maximum Gasteiger partial charge on any atom is 0.321 e. The van der Waals surface area contributed by atoms with Crippen molar-refractivity contribution in [3.8, 4) is 0 Å². The van der Waals surface area contributed by atoms with Crippen LogP contribution in [0.3, 0.4) is 0 Å². The first-order valence-electron chi connectivity index (χ1n) is 7.34. The van der Waals surface area contributed by atoms with Crippen LogP contribution in [0.1, 0.15) is 38.0 Å². The van der Waals surface area contributed by atoms with E-state index in [-0.39, 0.29) is 16.5 Å². The average molecular weight is 362 g/mol. The fourth-order valence-electron chi connectivity index (χ4n) is 1.89. The minimum absolute atomic E-state index is 0.0815. The van der Waals surface area contributed by atoms with Gasteiger partial charge in [0.25, 0.3) is 10.0 Å². The van der Waals surface area contributed by atoms with Crippen LogP contribution in [0.15, 0.2) is 16.3 Å². The molecule has 1 amide bonds. The number of sulfonamides is 1. The van der Waals surface area contributed by atoms with Crippen molar-refractivity contribution in [2.75, 3.05) is 6.54 Å². The van der Waals surface area contributed by atoms with Gasteiger partial charge < -0.3 is 10.4 Å². The second-order valence-corrected chi connectivity index (χ2v) is 8.22. The number of unbranched alkanes of at least 4 members (excludes halogenated alkanes) is 1. The summed E-state index contributed by atoms with van der Waals surface area (Å²) in [4.78, 5) is 22.8. The van der Waals surface area contributed by atoms with Crippen LogP contribution < -0.4 is 10.0 Å². The van der Waals surface area contributed by atoms with E-state index in [1.807, 2.05) is 6.92 Å². The Bertz CT molecular complexity index is 639. The fourth-order valence-corrected chi connectivity index (χ4v) is 4.48. The average Bonchev–Trinajstić information content (AvgIpc) is 2.92. The summed E-state index contributed by atoms with van der Waals surface area (Å²) in [6.45, 7) is 3.75. The molecule has 0 aliphatic carbocycles. The van der Waals surface area contributed by atoms with E-state index in [1.165, 1.54) is 13.0 Å². The van der Waals surface area contributed by atoms with E-state index in [2.05, 4.69) is 10.0 Å². The number of hydrogen-bond acceptors (Lipinski definition) is 5. The number of carboxylic acid groups (broad SMARTS) is 1. The molecule has 1 unspecified atom stereocenters. The Labute approximate surface area is 140 Å². The predicted octanol–water partition coefficient (Wildman–Crippen LogP) is 1.35. The Morgan fingerprint density at radius 2 is 2.04 bits per heavy atom. The highest BCUT2D eigenvalue weighted by molar-refractivity contribution is 7.91. The molecule has 1 atom stereocenters. The third kappa shape index (κ3) is 6.67. The molecule has 0 saturated heterocycles. The third-order valence-electron chi connectivity index (χ3n) is 3.09. The van der Waals surface area contributed by atoms with Gasteiger partial charge in [-0.15, -0.1) is 11.3 Å². The third-order valence-corrected chi connectivity index (χ3v) is 6.20. The number of aliphatic carboxylic acids is 1. The highest BCUT2D eigenvalue weighted by Gasteiger charge is 2.26. The van der Waals surface area contributed by atoms with E-state index >= 15 is 0 Å². The van der Waals surface area contributed by atoms with Crippen LogP contribution in [0.2, 0.25) is 0 Å². The van der Waals surface area contributed by atoms with Gasteiger partial charge in [0, 0.05) is 18.3 Å². The largest absolute Gasteiger partial charge is 0.480 e. The topological polar surface area (TPSA) is 113 Å². The van der Waals surface area contributed by atoms with E-state index in [0.717, 1.165) is 22.6 Å². The molecule has 0 spiro atoms. The minimum Gasteiger partial charge on any atom is -0.480 e. The Morgan fingerprint density at radius 3 is 2.61 bits per heavy atom. The molecule has 0 fully saturated rings. The number of thiophene rings is 1. The zero-order chi connectivity index (χ0) is 17.5. The van der Waals surface area contributed by atoms with E-state index in [0.29, 0.717) is 19.4 Å². The standard InChI is InChI=1S/C14H22N2O5S2/c1-3-4-5-12(14(18)19)16-23(20,21)13-7-6-11(22-13)8-9-15-10(2)17/h6-7,12,16H,3-5,8-9H2,1-2H3,(H,15,17)(H,18,19). The SMILES string of the molecule is CCCCC(NS(=O)(=O)c1ccc(CCNC(C)=O)s1)C(=O)O. The molecule has 7 nitrogen and oxygen atoms in total. The highest BCUT2D eigenvalue weighted by atomic mass is 32.2. The number of carboxylic acids is 1. The molecule has 0 aliphatic rings. The van der Waals surface area contributed by atoms with Gasteiger partial charge in [-0.3, -0.25) is 9.59 Å². The summed E-state index contributed by atoms with van der Waals surface area (Å²) in [5.74, 6) is -1.32. The van der Waals surface area contributed by atoms with Gasteiger partial charge in [-0.2, -0.15) is 4.72 Å². The van der Waals surface area contributed by atoms with Gasteiger partial charge in [0.2, 0.25) is 5.91 Å². The van der Waals surface area contributed by atoms with Crippen molar-refractivity contribution in [1.29, 1.82) is 0 Å². The van der Waals surface area contributed by atoms with Gasteiger partial charge in [-0.05, 0) is 25.0 Å². The van der Waals surface area contributed by atoms with Gasteiger partial charge in [0.05, 0.1) is 0 Å². The first kappa shape index (κ1) is 19.6. The molecule has 0 aromatic carbocycles. The maximum atomic E-state index is 12.3. The number of nitrogens with one attached hydrogen (secondary N) is 2.